The molecule has 0 saturated heterocycles. The van der Waals surface area contributed by atoms with Crippen molar-refractivity contribution in [1.29, 1.82) is 0 Å². The van der Waals surface area contributed by atoms with Gasteiger partial charge in [-0.15, -0.1) is 10.2 Å². The van der Waals surface area contributed by atoms with Crippen LogP contribution < -0.4 is 15.4 Å². The lowest BCUT2D eigenvalue weighted by Gasteiger charge is -2.51. The number of hydrogen-bond acceptors (Lipinski definition) is 9. The minimum absolute atomic E-state index is 0.0463. The molecule has 216 valence electrons. The fourth-order valence-corrected chi connectivity index (χ4v) is 6.56. The van der Waals surface area contributed by atoms with Crippen molar-refractivity contribution in [3.63, 3.8) is 0 Å². The van der Waals surface area contributed by atoms with Gasteiger partial charge in [0.05, 0.1) is 24.4 Å². The van der Waals surface area contributed by atoms with Crippen LogP contribution in [0.25, 0.3) is 11.3 Å². The van der Waals surface area contributed by atoms with Crippen LogP contribution in [0.4, 0.5) is 0 Å². The molecule has 0 atom stereocenters. The van der Waals surface area contributed by atoms with E-state index in [1.165, 1.54) is 17.7 Å². The number of esters is 1. The Kier molecular flexibility index (Phi) is 6.17. The summed E-state index contributed by atoms with van der Waals surface area (Å²) in [5.74, 6) is 0.556. The summed E-state index contributed by atoms with van der Waals surface area (Å²) >= 11 is 0. The lowest BCUT2D eigenvalue weighted by atomic mass is 9.53. The van der Waals surface area contributed by atoms with Crippen LogP contribution >= 0.6 is 0 Å². The van der Waals surface area contributed by atoms with Gasteiger partial charge in [-0.1, -0.05) is 6.07 Å². The van der Waals surface area contributed by atoms with Crippen LogP contribution in [0.3, 0.4) is 0 Å². The first-order valence-corrected chi connectivity index (χ1v) is 14.0. The molecule has 4 heterocycles. The van der Waals surface area contributed by atoms with Gasteiger partial charge in [0, 0.05) is 25.2 Å². The molecule has 3 saturated carbocycles. The smallest absolute Gasteiger partial charge is 0.311 e. The van der Waals surface area contributed by atoms with E-state index in [0.717, 1.165) is 49.8 Å². The maximum Gasteiger partial charge on any atom is 0.311 e. The predicted molar refractivity (Wildman–Crippen MR) is 147 cm³/mol. The Balaban J connectivity index is 1.04. The van der Waals surface area contributed by atoms with Crippen molar-refractivity contribution >= 4 is 23.4 Å². The molecule has 3 aliphatic carbocycles. The molecule has 0 radical (unpaired) electrons. The van der Waals surface area contributed by atoms with Crippen molar-refractivity contribution in [2.75, 3.05) is 13.7 Å². The van der Waals surface area contributed by atoms with Gasteiger partial charge in [-0.25, -0.2) is 9.50 Å². The Morgan fingerprint density at radius 2 is 1.83 bits per heavy atom. The molecule has 1 aliphatic heterocycles. The molecule has 4 aromatic rings. The fraction of sp³-hybridized carbons (Fsp3) is 0.414. The van der Waals surface area contributed by atoms with Crippen molar-refractivity contribution in [3.8, 4) is 11.4 Å². The highest BCUT2D eigenvalue weighted by atomic mass is 16.5. The Bertz CT molecular complexity index is 1700. The van der Waals surface area contributed by atoms with Gasteiger partial charge in [-0.2, -0.15) is 5.10 Å². The molecule has 0 spiro atoms. The van der Waals surface area contributed by atoms with Gasteiger partial charge in [-0.05, 0) is 61.6 Å². The molecular weight excluding hydrogens is 540 g/mol. The number of carbonyl (C=O) groups excluding carboxylic acids is 3. The summed E-state index contributed by atoms with van der Waals surface area (Å²) in [6.07, 6.45) is 8.07. The molecule has 2 N–H and O–H groups in total. The highest BCUT2D eigenvalue weighted by Crippen LogP contribution is 2.57. The van der Waals surface area contributed by atoms with Crippen LogP contribution in [0, 0.1) is 10.8 Å². The van der Waals surface area contributed by atoms with Crippen LogP contribution in [0.1, 0.15) is 70.9 Å². The maximum atomic E-state index is 13.4. The number of nitrogens with zero attached hydrogens (tertiary/aromatic N) is 6. The first-order chi connectivity index (χ1) is 20.4. The van der Waals surface area contributed by atoms with Crippen molar-refractivity contribution in [3.05, 3.63) is 65.6 Å². The van der Waals surface area contributed by atoms with Gasteiger partial charge in [0.2, 0.25) is 0 Å². The third-order valence-corrected chi connectivity index (χ3v) is 9.18. The lowest BCUT2D eigenvalue weighted by molar-refractivity contribution is -0.162. The second-order valence-corrected chi connectivity index (χ2v) is 11.5. The van der Waals surface area contributed by atoms with E-state index in [2.05, 4.69) is 30.9 Å². The van der Waals surface area contributed by atoms with Crippen LogP contribution in [0.5, 0.6) is 5.75 Å². The zero-order chi connectivity index (χ0) is 28.9. The average molecular weight is 571 g/mol. The lowest BCUT2D eigenvalue weighted by Crippen LogP contribution is -2.50. The SMILES string of the molecule is COC(=O)C12CCC(CNC(=O)c3cc(C(=O)NCc4ccc5c(c4)-n4cnnc4CO5)nc4ccnn34)(CC1)CC2. The normalized spacial score (nSPS) is 22.1. The summed E-state index contributed by atoms with van der Waals surface area (Å²) in [4.78, 5) is 43.4. The van der Waals surface area contributed by atoms with Crippen LogP contribution in [-0.4, -0.2) is 60.8 Å². The van der Waals surface area contributed by atoms with E-state index >= 15 is 0 Å². The van der Waals surface area contributed by atoms with E-state index in [1.807, 2.05) is 22.8 Å². The summed E-state index contributed by atoms with van der Waals surface area (Å²) in [6.45, 7) is 1.08. The predicted octanol–water partition coefficient (Wildman–Crippen LogP) is 2.38. The molecule has 3 fully saturated rings. The third kappa shape index (κ3) is 4.35. The summed E-state index contributed by atoms with van der Waals surface area (Å²) in [7, 11) is 1.45. The number of methoxy groups -OCH3 is 1. The van der Waals surface area contributed by atoms with E-state index in [0.29, 0.717) is 30.4 Å². The quantitative estimate of drug-likeness (QED) is 0.319. The molecule has 0 unspecified atom stereocenters. The van der Waals surface area contributed by atoms with Gasteiger partial charge in [0.25, 0.3) is 11.8 Å². The number of fused-ring (bicyclic) bond motifs is 7. The highest BCUT2D eigenvalue weighted by molar-refractivity contribution is 5.98. The Morgan fingerprint density at radius 3 is 2.62 bits per heavy atom. The molecule has 2 amide bonds. The zero-order valence-corrected chi connectivity index (χ0v) is 23.1. The second kappa shape index (κ2) is 9.93. The summed E-state index contributed by atoms with van der Waals surface area (Å²) in [6, 6.07) is 8.77. The number of hydrogen-bond donors (Lipinski definition) is 2. The summed E-state index contributed by atoms with van der Waals surface area (Å²) in [5, 5.41) is 18.2. The maximum absolute atomic E-state index is 13.4. The summed E-state index contributed by atoms with van der Waals surface area (Å²) < 4.78 is 14.1. The van der Waals surface area contributed by atoms with Crippen LogP contribution in [0.2, 0.25) is 0 Å². The minimum atomic E-state index is -0.413. The largest absolute Gasteiger partial charge is 0.483 e. The van der Waals surface area contributed by atoms with E-state index < -0.39 is 5.91 Å². The van der Waals surface area contributed by atoms with Crippen LogP contribution in [-0.2, 0) is 22.7 Å². The van der Waals surface area contributed by atoms with Crippen molar-refractivity contribution < 1.29 is 23.9 Å². The van der Waals surface area contributed by atoms with E-state index in [9.17, 15) is 14.4 Å². The first kappa shape index (κ1) is 26.1. The number of ether oxygens (including phenoxy) is 2. The number of benzene rings is 1. The van der Waals surface area contributed by atoms with Gasteiger partial charge < -0.3 is 20.1 Å². The average Bonchev–Trinajstić information content (AvgIpc) is 3.72. The van der Waals surface area contributed by atoms with Crippen molar-refractivity contribution in [1.82, 2.24) is 40.0 Å². The number of rotatable bonds is 7. The van der Waals surface area contributed by atoms with Crippen molar-refractivity contribution in [2.45, 2.75) is 51.7 Å². The molecule has 2 bridgehead atoms. The Morgan fingerprint density at radius 1 is 1.02 bits per heavy atom. The molecule has 42 heavy (non-hydrogen) atoms. The molecule has 13 nitrogen and oxygen atoms in total. The molecule has 13 heteroatoms. The number of aromatic nitrogens is 6. The zero-order valence-electron chi connectivity index (χ0n) is 23.1. The van der Waals surface area contributed by atoms with Gasteiger partial charge >= 0.3 is 5.97 Å². The molecule has 1 aromatic carbocycles. The number of carbonyl (C=O) groups is 3. The molecule has 3 aromatic heterocycles. The highest BCUT2D eigenvalue weighted by Gasteiger charge is 2.53. The number of amides is 2. The molecule has 4 aliphatic rings. The van der Waals surface area contributed by atoms with Gasteiger partial charge in [0.15, 0.2) is 11.5 Å². The minimum Gasteiger partial charge on any atom is -0.483 e. The van der Waals surface area contributed by atoms with Crippen molar-refractivity contribution in [2.24, 2.45) is 10.8 Å². The molecular formula is C29H30N8O5. The number of nitrogens with one attached hydrogen (secondary N) is 2. The Labute approximate surface area is 240 Å². The monoisotopic (exact) mass is 570 g/mol. The standard InChI is InChI=1S/C29H30N8O5/c1-41-27(40)29-8-5-28(6-9-29,7-10-29)16-31-26(39)21-13-19(34-23-4-11-33-37(21)23)25(38)30-14-18-2-3-22-20(12-18)36-17-32-35-24(36)15-42-22/h2-4,11-13,17H,5-10,14-16H2,1H3,(H,30,38)(H,31,39). The first-order valence-electron chi connectivity index (χ1n) is 14.0. The fourth-order valence-electron chi connectivity index (χ4n) is 6.56. The van der Waals surface area contributed by atoms with E-state index in [4.69, 9.17) is 9.47 Å². The van der Waals surface area contributed by atoms with E-state index in [-0.39, 0.29) is 40.6 Å². The topological polar surface area (TPSA) is 155 Å². The summed E-state index contributed by atoms with van der Waals surface area (Å²) in [5.41, 5.74) is 1.98. The van der Waals surface area contributed by atoms with Gasteiger partial charge in [-0.3, -0.25) is 19.0 Å². The van der Waals surface area contributed by atoms with Crippen LogP contribution in [0.15, 0.2) is 42.9 Å². The van der Waals surface area contributed by atoms with E-state index in [1.54, 1.807) is 18.6 Å². The Hall–Kier alpha value is -4.81. The third-order valence-electron chi connectivity index (χ3n) is 9.18. The van der Waals surface area contributed by atoms with Gasteiger partial charge in [0.1, 0.15) is 30.1 Å². The second-order valence-electron chi connectivity index (χ2n) is 11.5. The molecule has 8 rings (SSSR count).